The van der Waals surface area contributed by atoms with Gasteiger partial charge in [-0.15, -0.1) is 12.4 Å². The van der Waals surface area contributed by atoms with Crippen molar-refractivity contribution in [3.05, 3.63) is 65.7 Å². The van der Waals surface area contributed by atoms with Gasteiger partial charge in [0.15, 0.2) is 0 Å². The predicted octanol–water partition coefficient (Wildman–Crippen LogP) is 2.18. The number of ether oxygens (including phenoxy) is 1. The maximum absolute atomic E-state index is 11.4. The number of carboxylic acids is 1. The summed E-state index contributed by atoms with van der Waals surface area (Å²) in [6.07, 6.45) is -0.496. The molecule has 4 N–H and O–H groups in total. The lowest BCUT2D eigenvalue weighted by atomic mass is 10.1. The summed E-state index contributed by atoms with van der Waals surface area (Å²) in [4.78, 5) is 11.4. The van der Waals surface area contributed by atoms with Crippen LogP contribution in [0.4, 0.5) is 0 Å². The van der Waals surface area contributed by atoms with Crippen LogP contribution >= 0.6 is 12.4 Å². The van der Waals surface area contributed by atoms with Crippen molar-refractivity contribution in [1.82, 2.24) is 0 Å². The molecule has 2 atom stereocenters. The minimum absolute atomic E-state index is 0. The third-order valence-electron chi connectivity index (χ3n) is 3.24. The van der Waals surface area contributed by atoms with E-state index in [0.29, 0.717) is 17.7 Å². The minimum Gasteiger partial charge on any atom is -0.478 e. The highest BCUT2D eigenvalue weighted by Crippen LogP contribution is 2.23. The highest BCUT2D eigenvalue weighted by Gasteiger charge is 2.21. The zero-order valence-electron chi connectivity index (χ0n) is 12.5. The van der Waals surface area contributed by atoms with Gasteiger partial charge in [-0.05, 0) is 24.1 Å². The number of aliphatic carboxylic acids is 1. The van der Waals surface area contributed by atoms with Gasteiger partial charge in [-0.2, -0.15) is 0 Å². The van der Waals surface area contributed by atoms with Crippen LogP contribution in [0.1, 0.15) is 17.2 Å². The van der Waals surface area contributed by atoms with E-state index in [2.05, 4.69) is 0 Å². The van der Waals surface area contributed by atoms with Gasteiger partial charge in [-0.25, -0.2) is 4.79 Å². The first-order valence-electron chi connectivity index (χ1n) is 7.00. The van der Waals surface area contributed by atoms with Gasteiger partial charge in [-0.3, -0.25) is 0 Å². The zero-order valence-corrected chi connectivity index (χ0v) is 13.3. The van der Waals surface area contributed by atoms with Gasteiger partial charge in [0.2, 0.25) is 6.10 Å². The van der Waals surface area contributed by atoms with Crippen molar-refractivity contribution < 1.29 is 19.7 Å². The van der Waals surface area contributed by atoms with Gasteiger partial charge in [0.25, 0.3) is 0 Å². The Hall–Kier alpha value is -2.08. The Morgan fingerprint density at radius 2 is 1.70 bits per heavy atom. The van der Waals surface area contributed by atoms with Gasteiger partial charge in [0.05, 0.1) is 6.61 Å². The van der Waals surface area contributed by atoms with E-state index in [1.807, 2.05) is 18.2 Å². The average Bonchev–Trinajstić information content (AvgIpc) is 2.54. The van der Waals surface area contributed by atoms with E-state index < -0.39 is 12.1 Å². The predicted molar refractivity (Wildman–Crippen MR) is 89.9 cm³/mol. The summed E-state index contributed by atoms with van der Waals surface area (Å²) >= 11 is 0. The van der Waals surface area contributed by atoms with Crippen LogP contribution in [0.3, 0.4) is 0 Å². The van der Waals surface area contributed by atoms with Crippen molar-refractivity contribution in [2.75, 3.05) is 6.61 Å². The van der Waals surface area contributed by atoms with Crippen LogP contribution in [-0.4, -0.2) is 28.8 Å². The van der Waals surface area contributed by atoms with Crippen molar-refractivity contribution in [2.24, 2.45) is 5.73 Å². The quantitative estimate of drug-likeness (QED) is 0.720. The second-order valence-electron chi connectivity index (χ2n) is 5.04. The lowest BCUT2D eigenvalue weighted by Gasteiger charge is -2.16. The fourth-order valence-corrected chi connectivity index (χ4v) is 2.10. The maximum atomic E-state index is 11.4. The van der Waals surface area contributed by atoms with Crippen molar-refractivity contribution >= 4 is 18.4 Å². The topological polar surface area (TPSA) is 92.8 Å². The molecule has 5 nitrogen and oxygen atoms in total. The molecule has 0 fully saturated rings. The molecule has 2 unspecified atom stereocenters. The molecule has 6 heteroatoms. The monoisotopic (exact) mass is 337 g/mol. The van der Waals surface area contributed by atoms with Crippen LogP contribution in [0.25, 0.3) is 0 Å². The van der Waals surface area contributed by atoms with Gasteiger partial charge in [0, 0.05) is 11.6 Å². The highest BCUT2D eigenvalue weighted by molar-refractivity contribution is 5.85. The van der Waals surface area contributed by atoms with E-state index in [0.717, 1.165) is 5.56 Å². The van der Waals surface area contributed by atoms with E-state index in [-0.39, 0.29) is 25.1 Å². The third kappa shape index (κ3) is 5.56. The van der Waals surface area contributed by atoms with Crippen LogP contribution in [0.5, 0.6) is 5.75 Å². The van der Waals surface area contributed by atoms with Crippen LogP contribution in [0, 0.1) is 0 Å². The third-order valence-corrected chi connectivity index (χ3v) is 3.24. The van der Waals surface area contributed by atoms with Crippen molar-refractivity contribution in [2.45, 2.75) is 18.6 Å². The molecule has 124 valence electrons. The van der Waals surface area contributed by atoms with E-state index in [4.69, 9.17) is 15.6 Å². The Kier molecular flexibility index (Phi) is 7.54. The summed E-state index contributed by atoms with van der Waals surface area (Å²) < 4.78 is 5.57. The second kappa shape index (κ2) is 9.15. The average molecular weight is 338 g/mol. The van der Waals surface area contributed by atoms with Crippen molar-refractivity contribution in [3.8, 4) is 5.75 Å². The number of carboxylic acid groups (broad SMARTS) is 1. The molecule has 0 radical (unpaired) electrons. The Labute approximate surface area is 141 Å². The number of hydrogen-bond donors (Lipinski definition) is 3. The summed E-state index contributed by atoms with van der Waals surface area (Å²) in [6.45, 7) is -0.0760. The van der Waals surface area contributed by atoms with E-state index >= 15 is 0 Å². The number of halogens is 1. The van der Waals surface area contributed by atoms with Crippen LogP contribution in [0.2, 0.25) is 0 Å². The van der Waals surface area contributed by atoms with E-state index in [1.165, 1.54) is 0 Å². The van der Waals surface area contributed by atoms with Gasteiger partial charge >= 0.3 is 5.97 Å². The summed E-state index contributed by atoms with van der Waals surface area (Å²) in [5.41, 5.74) is 7.22. The molecule has 23 heavy (non-hydrogen) atoms. The normalized spacial score (nSPS) is 12.8. The molecule has 0 aliphatic rings. The Bertz CT molecular complexity index is 604. The molecule has 0 saturated carbocycles. The van der Waals surface area contributed by atoms with Crippen molar-refractivity contribution in [1.29, 1.82) is 0 Å². The number of benzene rings is 2. The maximum Gasteiger partial charge on any atom is 0.349 e. The van der Waals surface area contributed by atoms with Gasteiger partial charge in [0.1, 0.15) is 5.75 Å². The molecule has 0 amide bonds. The van der Waals surface area contributed by atoms with Crippen LogP contribution in [-0.2, 0) is 11.2 Å². The Balaban J connectivity index is 0.00000264. The molecule has 0 spiro atoms. The molecule has 0 aromatic heterocycles. The molecule has 2 aromatic carbocycles. The summed E-state index contributed by atoms with van der Waals surface area (Å²) in [6, 6.07) is 15.5. The standard InChI is InChI=1S/C17H19NO4.ClH/c18-14(11-19)10-12-6-8-15(9-7-12)22-16(17(20)21)13-4-2-1-3-5-13;/h1-9,14,16,19H,10-11,18H2,(H,20,21);1H. The number of carbonyl (C=O) groups is 1. The lowest BCUT2D eigenvalue weighted by Crippen LogP contribution is -2.26. The molecule has 0 aliphatic heterocycles. The molecule has 2 rings (SSSR count). The number of aliphatic hydroxyl groups excluding tert-OH is 1. The van der Waals surface area contributed by atoms with Crippen LogP contribution in [0.15, 0.2) is 54.6 Å². The lowest BCUT2D eigenvalue weighted by molar-refractivity contribution is -0.145. The first-order chi connectivity index (χ1) is 10.6. The number of nitrogens with two attached hydrogens (primary N) is 1. The second-order valence-corrected chi connectivity index (χ2v) is 5.04. The first kappa shape index (κ1) is 19.0. The molecule has 0 aliphatic carbocycles. The first-order valence-corrected chi connectivity index (χ1v) is 7.00. The minimum atomic E-state index is -1.05. The Morgan fingerprint density at radius 1 is 1.09 bits per heavy atom. The number of hydrogen-bond acceptors (Lipinski definition) is 4. The molecule has 0 bridgehead atoms. The highest BCUT2D eigenvalue weighted by atomic mass is 35.5. The largest absolute Gasteiger partial charge is 0.478 e. The number of aliphatic hydroxyl groups is 1. The Morgan fingerprint density at radius 3 is 2.22 bits per heavy atom. The molecule has 0 saturated heterocycles. The van der Waals surface area contributed by atoms with Crippen molar-refractivity contribution in [3.63, 3.8) is 0 Å². The number of rotatable bonds is 7. The van der Waals surface area contributed by atoms with E-state index in [1.54, 1.807) is 36.4 Å². The van der Waals surface area contributed by atoms with Crippen LogP contribution < -0.4 is 10.5 Å². The summed E-state index contributed by atoms with van der Waals surface area (Å²) in [7, 11) is 0. The summed E-state index contributed by atoms with van der Waals surface area (Å²) in [5.74, 6) is -0.574. The SMILES string of the molecule is Cl.NC(CO)Cc1ccc(OC(C(=O)O)c2ccccc2)cc1. The molecule has 2 aromatic rings. The molecular formula is C17H20ClNO4. The molecule has 0 heterocycles. The zero-order chi connectivity index (χ0) is 15.9. The van der Waals surface area contributed by atoms with Gasteiger partial charge in [-0.1, -0.05) is 42.5 Å². The molecular weight excluding hydrogens is 318 g/mol. The fraction of sp³-hybridized carbons (Fsp3) is 0.235. The fourth-order valence-electron chi connectivity index (χ4n) is 2.10. The van der Waals surface area contributed by atoms with Gasteiger partial charge < -0.3 is 20.7 Å². The smallest absolute Gasteiger partial charge is 0.349 e. The van der Waals surface area contributed by atoms with E-state index in [9.17, 15) is 9.90 Å². The summed E-state index contributed by atoms with van der Waals surface area (Å²) in [5, 5.41) is 18.3.